The number of piperazine rings is 1. The van der Waals surface area contributed by atoms with Gasteiger partial charge in [0.05, 0.1) is 18.5 Å². The van der Waals surface area contributed by atoms with Gasteiger partial charge in [-0.3, -0.25) is 9.59 Å². The molecule has 28 heavy (non-hydrogen) atoms. The normalized spacial score (nSPS) is 18.5. The zero-order valence-electron chi connectivity index (χ0n) is 16.3. The molecule has 0 aromatic heterocycles. The quantitative estimate of drug-likeness (QED) is 0.838. The Bertz CT molecular complexity index is 810. The molecule has 0 radical (unpaired) electrons. The van der Waals surface area contributed by atoms with Crippen LogP contribution < -0.4 is 5.32 Å². The van der Waals surface area contributed by atoms with Crippen molar-refractivity contribution >= 4 is 23.4 Å². The summed E-state index contributed by atoms with van der Waals surface area (Å²) in [5, 5.41) is 3.53. The van der Waals surface area contributed by atoms with E-state index in [1.807, 2.05) is 35.2 Å². The molecule has 5 nitrogen and oxygen atoms in total. The van der Waals surface area contributed by atoms with Crippen molar-refractivity contribution in [1.29, 1.82) is 0 Å². The maximum absolute atomic E-state index is 13.3. The largest absolute Gasteiger partial charge is 0.349 e. The van der Waals surface area contributed by atoms with Crippen LogP contribution in [0.1, 0.15) is 36.6 Å². The van der Waals surface area contributed by atoms with E-state index < -0.39 is 0 Å². The molecule has 1 saturated heterocycles. The zero-order chi connectivity index (χ0) is 20.1. The van der Waals surface area contributed by atoms with E-state index in [0.717, 1.165) is 24.2 Å². The molecule has 2 atom stereocenters. The Morgan fingerprint density at radius 2 is 1.79 bits per heavy atom. The molecule has 0 saturated carbocycles. The van der Waals surface area contributed by atoms with Crippen molar-refractivity contribution in [1.82, 2.24) is 15.1 Å². The molecule has 1 N–H and O–H groups in total. The summed E-state index contributed by atoms with van der Waals surface area (Å²) in [6, 6.07) is 17.0. The third-order valence-corrected chi connectivity index (χ3v) is 5.37. The molecule has 0 aliphatic carbocycles. The third kappa shape index (κ3) is 5.12. The lowest BCUT2D eigenvalue weighted by atomic mass is 9.99. The number of hydrogen-bond acceptors (Lipinski definition) is 3. The number of carbonyl (C=O) groups is 2. The van der Waals surface area contributed by atoms with Gasteiger partial charge in [0.15, 0.2) is 0 Å². The van der Waals surface area contributed by atoms with Gasteiger partial charge in [-0.25, -0.2) is 0 Å². The summed E-state index contributed by atoms with van der Waals surface area (Å²) >= 11 is 5.98. The van der Waals surface area contributed by atoms with Crippen LogP contribution in [0.25, 0.3) is 0 Å². The van der Waals surface area contributed by atoms with Gasteiger partial charge in [-0.15, -0.1) is 0 Å². The standard InChI is InChI=1S/C22H26ClN3O2/c1-16(27)24-20(17-8-10-19(23)11-9-17)14-22(28)26-13-12-25(2)15-21(26)18-6-4-3-5-7-18/h3-11,20-21H,12-15H2,1-2H3,(H,24,27)/t20-,21+/m1/s1. The summed E-state index contributed by atoms with van der Waals surface area (Å²) in [5.74, 6) is -0.124. The van der Waals surface area contributed by atoms with Gasteiger partial charge < -0.3 is 15.1 Å². The second-order valence-electron chi connectivity index (χ2n) is 7.28. The van der Waals surface area contributed by atoms with E-state index >= 15 is 0 Å². The fourth-order valence-electron chi connectivity index (χ4n) is 3.66. The molecule has 0 unspecified atom stereocenters. The molecule has 1 heterocycles. The van der Waals surface area contributed by atoms with Crippen molar-refractivity contribution in [2.24, 2.45) is 0 Å². The highest BCUT2D eigenvalue weighted by Gasteiger charge is 2.31. The molecule has 0 spiro atoms. The Labute approximate surface area is 171 Å². The van der Waals surface area contributed by atoms with Gasteiger partial charge in [-0.05, 0) is 30.3 Å². The topological polar surface area (TPSA) is 52.7 Å². The molecule has 1 fully saturated rings. The van der Waals surface area contributed by atoms with Gasteiger partial charge in [0.25, 0.3) is 0 Å². The van der Waals surface area contributed by atoms with E-state index in [1.165, 1.54) is 6.92 Å². The number of halogens is 1. The van der Waals surface area contributed by atoms with Crippen LogP contribution in [0.3, 0.4) is 0 Å². The van der Waals surface area contributed by atoms with E-state index in [1.54, 1.807) is 12.1 Å². The molecule has 0 bridgehead atoms. The molecule has 148 valence electrons. The van der Waals surface area contributed by atoms with Crippen LogP contribution in [-0.2, 0) is 9.59 Å². The Kier molecular flexibility index (Phi) is 6.70. The molecule has 2 aromatic carbocycles. The molecular weight excluding hydrogens is 374 g/mol. The maximum atomic E-state index is 13.3. The van der Waals surface area contributed by atoms with Crippen molar-refractivity contribution in [3.63, 3.8) is 0 Å². The summed E-state index contributed by atoms with van der Waals surface area (Å²) in [7, 11) is 2.07. The van der Waals surface area contributed by atoms with Gasteiger partial charge in [0.2, 0.25) is 11.8 Å². The Morgan fingerprint density at radius 3 is 2.43 bits per heavy atom. The van der Waals surface area contributed by atoms with Crippen molar-refractivity contribution in [3.05, 3.63) is 70.7 Å². The van der Waals surface area contributed by atoms with E-state index in [2.05, 4.69) is 29.4 Å². The predicted molar refractivity (Wildman–Crippen MR) is 111 cm³/mol. The van der Waals surface area contributed by atoms with Crippen LogP contribution in [-0.4, -0.2) is 48.3 Å². The highest BCUT2D eigenvalue weighted by molar-refractivity contribution is 6.30. The Morgan fingerprint density at radius 1 is 1.11 bits per heavy atom. The van der Waals surface area contributed by atoms with Crippen molar-refractivity contribution in [2.45, 2.75) is 25.4 Å². The molecule has 1 aliphatic heterocycles. The van der Waals surface area contributed by atoms with Gasteiger partial charge in [-0.1, -0.05) is 54.1 Å². The van der Waals surface area contributed by atoms with Gasteiger partial charge >= 0.3 is 0 Å². The summed E-state index contributed by atoms with van der Waals surface area (Å²) in [6.45, 7) is 3.76. The van der Waals surface area contributed by atoms with E-state index in [0.29, 0.717) is 11.6 Å². The molecule has 2 amide bonds. The van der Waals surface area contributed by atoms with Crippen LogP contribution in [0.5, 0.6) is 0 Å². The first-order chi connectivity index (χ1) is 13.4. The highest BCUT2D eigenvalue weighted by Crippen LogP contribution is 2.28. The monoisotopic (exact) mass is 399 g/mol. The summed E-state index contributed by atoms with van der Waals surface area (Å²) < 4.78 is 0. The van der Waals surface area contributed by atoms with E-state index in [9.17, 15) is 9.59 Å². The number of nitrogens with one attached hydrogen (secondary N) is 1. The summed E-state index contributed by atoms with van der Waals surface area (Å²) in [6.07, 6.45) is 0.217. The highest BCUT2D eigenvalue weighted by atomic mass is 35.5. The van der Waals surface area contributed by atoms with E-state index in [-0.39, 0.29) is 30.3 Å². The minimum atomic E-state index is -0.377. The van der Waals surface area contributed by atoms with Crippen LogP contribution in [0.15, 0.2) is 54.6 Å². The number of likely N-dealkylation sites (N-methyl/N-ethyl adjacent to an activating group) is 1. The number of rotatable bonds is 5. The first kappa shape index (κ1) is 20.4. The van der Waals surface area contributed by atoms with Gasteiger partial charge in [0, 0.05) is 31.6 Å². The predicted octanol–water partition coefficient (Wildman–Crippen LogP) is 3.42. The lowest BCUT2D eigenvalue weighted by Gasteiger charge is -2.41. The lowest BCUT2D eigenvalue weighted by molar-refractivity contribution is -0.137. The average molecular weight is 400 g/mol. The fraction of sp³-hybridized carbons (Fsp3) is 0.364. The smallest absolute Gasteiger partial charge is 0.225 e. The first-order valence-corrected chi connectivity index (χ1v) is 9.87. The van der Waals surface area contributed by atoms with E-state index in [4.69, 9.17) is 11.6 Å². The van der Waals surface area contributed by atoms with Crippen LogP contribution >= 0.6 is 11.6 Å². The van der Waals surface area contributed by atoms with Crippen LogP contribution in [0.4, 0.5) is 0 Å². The first-order valence-electron chi connectivity index (χ1n) is 9.49. The van der Waals surface area contributed by atoms with Crippen LogP contribution in [0.2, 0.25) is 5.02 Å². The van der Waals surface area contributed by atoms with Crippen LogP contribution in [0, 0.1) is 0 Å². The third-order valence-electron chi connectivity index (χ3n) is 5.12. The molecule has 6 heteroatoms. The van der Waals surface area contributed by atoms with Gasteiger partial charge in [-0.2, -0.15) is 0 Å². The molecule has 1 aliphatic rings. The van der Waals surface area contributed by atoms with Crippen molar-refractivity contribution in [2.75, 3.05) is 26.7 Å². The molecular formula is C22H26ClN3O2. The minimum Gasteiger partial charge on any atom is -0.349 e. The number of nitrogens with zero attached hydrogens (tertiary/aromatic N) is 2. The zero-order valence-corrected chi connectivity index (χ0v) is 17.0. The second-order valence-corrected chi connectivity index (χ2v) is 7.72. The molecule has 3 rings (SSSR count). The Hall–Kier alpha value is -2.37. The lowest BCUT2D eigenvalue weighted by Crippen LogP contribution is -2.50. The number of hydrogen-bond donors (Lipinski definition) is 1. The van der Waals surface area contributed by atoms with Crippen molar-refractivity contribution < 1.29 is 9.59 Å². The fourth-order valence-corrected chi connectivity index (χ4v) is 3.79. The maximum Gasteiger partial charge on any atom is 0.225 e. The SMILES string of the molecule is CC(=O)N[C@H](CC(=O)N1CCN(C)C[C@H]1c1ccccc1)c1ccc(Cl)cc1. The summed E-state index contributed by atoms with van der Waals surface area (Å²) in [4.78, 5) is 29.1. The number of amides is 2. The minimum absolute atomic E-state index is 0.00986. The summed E-state index contributed by atoms with van der Waals surface area (Å²) in [5.41, 5.74) is 2.00. The Balaban J connectivity index is 1.80. The van der Waals surface area contributed by atoms with Crippen molar-refractivity contribution in [3.8, 4) is 0 Å². The number of carbonyl (C=O) groups excluding carboxylic acids is 2. The average Bonchev–Trinajstić information content (AvgIpc) is 2.68. The molecule has 2 aromatic rings. The van der Waals surface area contributed by atoms with Gasteiger partial charge in [0.1, 0.15) is 0 Å². The number of benzene rings is 2. The second kappa shape index (κ2) is 9.22.